The molecule has 0 heterocycles. The lowest BCUT2D eigenvalue weighted by Gasteiger charge is -2.10. The van der Waals surface area contributed by atoms with Crippen LogP contribution >= 0.6 is 23.2 Å². The molecule has 0 aliphatic carbocycles. The van der Waals surface area contributed by atoms with Crippen molar-refractivity contribution in [2.45, 2.75) is 6.61 Å². The summed E-state index contributed by atoms with van der Waals surface area (Å²) in [5.74, 6) is -1.85. The second kappa shape index (κ2) is 6.11. The van der Waals surface area contributed by atoms with Crippen molar-refractivity contribution in [3.8, 4) is 5.75 Å². The van der Waals surface area contributed by atoms with Crippen LogP contribution in [0.1, 0.15) is 15.9 Å². The van der Waals surface area contributed by atoms with E-state index in [9.17, 15) is 9.18 Å². The summed E-state index contributed by atoms with van der Waals surface area (Å²) < 4.78 is 18.4. The Morgan fingerprint density at radius 1 is 1.25 bits per heavy atom. The topological polar surface area (TPSA) is 46.5 Å². The number of aromatic carboxylic acids is 1. The molecule has 0 aromatic heterocycles. The van der Waals surface area contributed by atoms with Crippen LogP contribution in [0.5, 0.6) is 5.75 Å². The van der Waals surface area contributed by atoms with Crippen molar-refractivity contribution in [3.63, 3.8) is 0 Å². The molecule has 2 aromatic carbocycles. The molecule has 0 saturated carbocycles. The Bertz CT molecular complexity index is 659. The number of carboxylic acid groups (broad SMARTS) is 1. The quantitative estimate of drug-likeness (QED) is 0.909. The van der Waals surface area contributed by atoms with Gasteiger partial charge in [0.2, 0.25) is 0 Å². The maximum atomic E-state index is 13.0. The van der Waals surface area contributed by atoms with E-state index >= 15 is 0 Å². The van der Waals surface area contributed by atoms with Crippen LogP contribution in [0.25, 0.3) is 0 Å². The van der Waals surface area contributed by atoms with E-state index in [-0.39, 0.29) is 17.9 Å². The highest BCUT2D eigenvalue weighted by molar-refractivity contribution is 6.42. The molecule has 0 atom stereocenters. The summed E-state index contributed by atoms with van der Waals surface area (Å²) >= 11 is 11.9. The molecular formula is C14H9Cl2FO3. The zero-order valence-electron chi connectivity index (χ0n) is 10.1. The fraction of sp³-hybridized carbons (Fsp3) is 0.0714. The highest BCUT2D eigenvalue weighted by Crippen LogP contribution is 2.27. The van der Waals surface area contributed by atoms with Crippen LogP contribution in [-0.2, 0) is 6.61 Å². The van der Waals surface area contributed by atoms with Gasteiger partial charge in [-0.1, -0.05) is 35.3 Å². The van der Waals surface area contributed by atoms with E-state index < -0.39 is 11.8 Å². The third kappa shape index (κ3) is 3.21. The minimum absolute atomic E-state index is 0.0330. The van der Waals surface area contributed by atoms with Crippen molar-refractivity contribution in [2.24, 2.45) is 0 Å². The van der Waals surface area contributed by atoms with Crippen LogP contribution in [0.15, 0.2) is 36.4 Å². The molecule has 0 bridgehead atoms. The van der Waals surface area contributed by atoms with Crippen LogP contribution in [0.4, 0.5) is 4.39 Å². The van der Waals surface area contributed by atoms with Crippen molar-refractivity contribution >= 4 is 29.2 Å². The Kier molecular flexibility index (Phi) is 4.47. The number of ether oxygens (including phenoxy) is 1. The molecule has 6 heteroatoms. The van der Waals surface area contributed by atoms with E-state index in [1.165, 1.54) is 6.07 Å². The van der Waals surface area contributed by atoms with Crippen molar-refractivity contribution < 1.29 is 19.0 Å². The first-order chi connectivity index (χ1) is 9.49. The summed E-state index contributed by atoms with van der Waals surface area (Å²) in [6.07, 6.45) is 0. The smallest absolute Gasteiger partial charge is 0.339 e. The average molecular weight is 315 g/mol. The fourth-order valence-corrected chi connectivity index (χ4v) is 1.99. The summed E-state index contributed by atoms with van der Waals surface area (Å²) in [7, 11) is 0. The number of halogens is 3. The Labute approximate surface area is 124 Å². The van der Waals surface area contributed by atoms with Crippen LogP contribution in [0.2, 0.25) is 10.0 Å². The molecule has 0 fully saturated rings. The molecule has 104 valence electrons. The largest absolute Gasteiger partial charge is 0.488 e. The van der Waals surface area contributed by atoms with Crippen LogP contribution in [0, 0.1) is 5.82 Å². The molecule has 1 N–H and O–H groups in total. The maximum absolute atomic E-state index is 13.0. The highest BCUT2D eigenvalue weighted by atomic mass is 35.5. The third-order valence-corrected chi connectivity index (χ3v) is 3.44. The lowest BCUT2D eigenvalue weighted by molar-refractivity contribution is 0.0691. The summed E-state index contributed by atoms with van der Waals surface area (Å²) in [5, 5.41) is 9.71. The van der Waals surface area contributed by atoms with E-state index in [0.717, 1.165) is 12.1 Å². The number of carbonyl (C=O) groups is 1. The normalized spacial score (nSPS) is 10.3. The Hall–Kier alpha value is -1.78. The van der Waals surface area contributed by atoms with Gasteiger partial charge in [0.25, 0.3) is 0 Å². The Morgan fingerprint density at radius 3 is 2.70 bits per heavy atom. The van der Waals surface area contributed by atoms with Gasteiger partial charge in [0.15, 0.2) is 0 Å². The average Bonchev–Trinajstić information content (AvgIpc) is 2.41. The standard InChI is InChI=1S/C14H9Cl2FO3/c15-11-3-1-2-8(13(11)16)7-20-12-5-4-9(17)6-10(12)14(18)19/h1-6H,7H2,(H,18,19). The molecule has 0 spiro atoms. The Balaban J connectivity index is 2.23. The lowest BCUT2D eigenvalue weighted by atomic mass is 10.2. The zero-order chi connectivity index (χ0) is 14.7. The molecule has 20 heavy (non-hydrogen) atoms. The Morgan fingerprint density at radius 2 is 2.00 bits per heavy atom. The third-order valence-electron chi connectivity index (χ3n) is 2.59. The molecule has 0 amide bonds. The summed E-state index contributed by atoms with van der Waals surface area (Å²) in [5.41, 5.74) is 0.364. The second-order valence-corrected chi connectivity index (χ2v) is 4.73. The van der Waals surface area contributed by atoms with Gasteiger partial charge in [0.05, 0.1) is 10.0 Å². The van der Waals surface area contributed by atoms with Crippen molar-refractivity contribution in [3.05, 3.63) is 63.4 Å². The number of benzene rings is 2. The zero-order valence-corrected chi connectivity index (χ0v) is 11.6. The van der Waals surface area contributed by atoms with Gasteiger partial charge in [-0.2, -0.15) is 0 Å². The molecule has 0 unspecified atom stereocenters. The molecule has 0 saturated heterocycles. The van der Waals surface area contributed by atoms with E-state index in [0.29, 0.717) is 15.6 Å². The first kappa shape index (κ1) is 14.6. The predicted molar refractivity (Wildman–Crippen MR) is 74.2 cm³/mol. The number of hydrogen-bond donors (Lipinski definition) is 1. The van der Waals surface area contributed by atoms with E-state index in [1.54, 1.807) is 18.2 Å². The lowest BCUT2D eigenvalue weighted by Crippen LogP contribution is -2.04. The van der Waals surface area contributed by atoms with Crippen LogP contribution in [-0.4, -0.2) is 11.1 Å². The molecule has 2 rings (SSSR count). The number of hydrogen-bond acceptors (Lipinski definition) is 2. The molecule has 0 radical (unpaired) electrons. The van der Waals surface area contributed by atoms with Gasteiger partial charge in [0, 0.05) is 5.56 Å². The van der Waals surface area contributed by atoms with E-state index in [1.807, 2.05) is 0 Å². The molecule has 0 aliphatic heterocycles. The minimum Gasteiger partial charge on any atom is -0.488 e. The van der Waals surface area contributed by atoms with Crippen LogP contribution < -0.4 is 4.74 Å². The van der Waals surface area contributed by atoms with Gasteiger partial charge < -0.3 is 9.84 Å². The highest BCUT2D eigenvalue weighted by Gasteiger charge is 2.13. The first-order valence-electron chi connectivity index (χ1n) is 5.57. The molecule has 2 aromatic rings. The van der Waals surface area contributed by atoms with Crippen molar-refractivity contribution in [1.82, 2.24) is 0 Å². The van der Waals surface area contributed by atoms with Gasteiger partial charge in [-0.25, -0.2) is 9.18 Å². The maximum Gasteiger partial charge on any atom is 0.339 e. The summed E-state index contributed by atoms with van der Waals surface area (Å²) in [4.78, 5) is 11.0. The van der Waals surface area contributed by atoms with E-state index in [4.69, 9.17) is 33.0 Å². The minimum atomic E-state index is -1.27. The first-order valence-corrected chi connectivity index (χ1v) is 6.33. The SMILES string of the molecule is O=C(O)c1cc(F)ccc1OCc1cccc(Cl)c1Cl. The monoisotopic (exact) mass is 314 g/mol. The fourth-order valence-electron chi connectivity index (χ4n) is 1.61. The summed E-state index contributed by atoms with van der Waals surface area (Å²) in [6, 6.07) is 8.33. The van der Waals surface area contributed by atoms with Gasteiger partial charge >= 0.3 is 5.97 Å². The van der Waals surface area contributed by atoms with Crippen LogP contribution in [0.3, 0.4) is 0 Å². The predicted octanol–water partition coefficient (Wildman–Crippen LogP) is 4.41. The van der Waals surface area contributed by atoms with Gasteiger partial charge in [-0.05, 0) is 24.3 Å². The van der Waals surface area contributed by atoms with E-state index in [2.05, 4.69) is 0 Å². The van der Waals surface area contributed by atoms with Crippen molar-refractivity contribution in [1.29, 1.82) is 0 Å². The van der Waals surface area contributed by atoms with Gasteiger partial charge in [0.1, 0.15) is 23.7 Å². The number of carboxylic acids is 1. The number of rotatable bonds is 4. The second-order valence-electron chi connectivity index (χ2n) is 3.95. The summed E-state index contributed by atoms with van der Waals surface area (Å²) in [6.45, 7) is 0.0330. The molecule has 3 nitrogen and oxygen atoms in total. The van der Waals surface area contributed by atoms with Crippen molar-refractivity contribution in [2.75, 3.05) is 0 Å². The van der Waals surface area contributed by atoms with Gasteiger partial charge in [-0.15, -0.1) is 0 Å². The molecular weight excluding hydrogens is 306 g/mol. The van der Waals surface area contributed by atoms with Gasteiger partial charge in [-0.3, -0.25) is 0 Å². The molecule has 0 aliphatic rings.